The minimum Gasteiger partial charge on any atom is -0.487 e. The maximum Gasteiger partial charge on any atom is 0.293 e. The van der Waals surface area contributed by atoms with Gasteiger partial charge in [-0.25, -0.2) is 0 Å². The van der Waals surface area contributed by atoms with Crippen molar-refractivity contribution in [2.75, 3.05) is 20.3 Å². The summed E-state index contributed by atoms with van der Waals surface area (Å²) >= 11 is 7.98. The smallest absolute Gasteiger partial charge is 0.293 e. The zero-order chi connectivity index (χ0) is 20.1. The normalized spacial score (nSPS) is 15.5. The van der Waals surface area contributed by atoms with E-state index in [0.717, 1.165) is 31.8 Å². The number of ether oxygens (including phenoxy) is 2. The molecule has 2 amide bonds. The van der Waals surface area contributed by atoms with Crippen LogP contribution in [0.4, 0.5) is 4.79 Å². The molecule has 0 bridgehead atoms. The third-order valence-electron chi connectivity index (χ3n) is 3.94. The molecule has 0 aromatic heterocycles. The van der Waals surface area contributed by atoms with E-state index in [0.29, 0.717) is 23.9 Å². The average Bonchev–Trinajstić information content (AvgIpc) is 2.93. The lowest BCUT2D eigenvalue weighted by Crippen LogP contribution is -2.31. The summed E-state index contributed by atoms with van der Waals surface area (Å²) in [5.74, 6) is 0.373. The molecule has 1 heterocycles. The summed E-state index contributed by atoms with van der Waals surface area (Å²) < 4.78 is 12.4. The van der Waals surface area contributed by atoms with Gasteiger partial charge in [0.15, 0.2) is 0 Å². The summed E-state index contributed by atoms with van der Waals surface area (Å²) in [6, 6.07) is 13.6. The van der Waals surface area contributed by atoms with Gasteiger partial charge in [-0.05, 0) is 73.0 Å². The number of rotatable bonds is 7. The number of halogens is 2. The molecule has 1 aliphatic heterocycles. The molecule has 0 aliphatic carbocycles. The van der Waals surface area contributed by atoms with Crippen LogP contribution < -0.4 is 4.74 Å². The highest BCUT2D eigenvalue weighted by Crippen LogP contribution is 2.38. The molecule has 1 aliphatic rings. The Morgan fingerprint density at radius 2 is 1.79 bits per heavy atom. The van der Waals surface area contributed by atoms with E-state index in [2.05, 4.69) is 31.9 Å². The first kappa shape index (κ1) is 21.1. The van der Waals surface area contributed by atoms with E-state index in [4.69, 9.17) is 9.47 Å². The van der Waals surface area contributed by atoms with Crippen LogP contribution in [0, 0.1) is 0 Å². The van der Waals surface area contributed by atoms with Gasteiger partial charge in [-0.15, -0.1) is 0 Å². The number of amides is 2. The summed E-state index contributed by atoms with van der Waals surface area (Å²) in [6.07, 6.45) is 1.70. The standard InChI is InChI=1S/C20H17Br2NO4S/c1-26-8-7-23-19(24)17(28-20(23)25)11-14-9-15(21)18(16(22)10-14)27-12-13-5-3-2-4-6-13/h2-6,9-11H,7-8,12H2,1H3/b17-11+. The topological polar surface area (TPSA) is 55.8 Å². The number of hydrogen-bond donors (Lipinski definition) is 0. The maximum atomic E-state index is 12.4. The van der Waals surface area contributed by atoms with Crippen LogP contribution in [0.25, 0.3) is 6.08 Å². The Balaban J connectivity index is 1.76. The molecule has 1 fully saturated rings. The monoisotopic (exact) mass is 525 g/mol. The van der Waals surface area contributed by atoms with Crippen molar-refractivity contribution < 1.29 is 19.1 Å². The summed E-state index contributed by atoms with van der Waals surface area (Å²) in [6.45, 7) is 1.00. The highest BCUT2D eigenvalue weighted by Gasteiger charge is 2.34. The van der Waals surface area contributed by atoms with Crippen LogP contribution in [-0.4, -0.2) is 36.3 Å². The molecule has 0 unspecified atom stereocenters. The average molecular weight is 527 g/mol. The Morgan fingerprint density at radius 1 is 1.11 bits per heavy atom. The molecule has 0 atom stereocenters. The maximum absolute atomic E-state index is 12.4. The number of hydrogen-bond acceptors (Lipinski definition) is 5. The van der Waals surface area contributed by atoms with E-state index < -0.39 is 0 Å². The predicted molar refractivity (Wildman–Crippen MR) is 117 cm³/mol. The molecule has 1 saturated heterocycles. The Kier molecular flexibility index (Phi) is 7.34. The number of benzene rings is 2. The lowest BCUT2D eigenvalue weighted by molar-refractivity contribution is -0.123. The lowest BCUT2D eigenvalue weighted by atomic mass is 10.2. The molecule has 5 nitrogen and oxygen atoms in total. The molecule has 28 heavy (non-hydrogen) atoms. The first-order chi connectivity index (χ1) is 13.5. The van der Waals surface area contributed by atoms with Gasteiger partial charge >= 0.3 is 0 Å². The molecule has 2 aromatic carbocycles. The molecule has 8 heteroatoms. The van der Waals surface area contributed by atoms with Crippen LogP contribution in [0.2, 0.25) is 0 Å². The first-order valence-electron chi connectivity index (χ1n) is 8.39. The summed E-state index contributed by atoms with van der Waals surface area (Å²) in [4.78, 5) is 26.0. The minimum absolute atomic E-state index is 0.248. The Bertz CT molecular complexity index is 895. The number of thioether (sulfide) groups is 1. The van der Waals surface area contributed by atoms with Crippen molar-refractivity contribution in [2.45, 2.75) is 6.61 Å². The molecule has 0 N–H and O–H groups in total. The largest absolute Gasteiger partial charge is 0.487 e. The van der Waals surface area contributed by atoms with Gasteiger partial charge in [-0.3, -0.25) is 14.5 Å². The number of imide groups is 1. The van der Waals surface area contributed by atoms with E-state index in [-0.39, 0.29) is 17.7 Å². The van der Waals surface area contributed by atoms with Gasteiger partial charge in [0.1, 0.15) is 12.4 Å². The van der Waals surface area contributed by atoms with Gasteiger partial charge in [0, 0.05) is 7.11 Å². The van der Waals surface area contributed by atoms with Crippen LogP contribution in [0.15, 0.2) is 56.3 Å². The van der Waals surface area contributed by atoms with E-state index in [1.54, 1.807) is 6.08 Å². The zero-order valence-electron chi connectivity index (χ0n) is 15.0. The van der Waals surface area contributed by atoms with Gasteiger partial charge in [-0.1, -0.05) is 30.3 Å². The highest BCUT2D eigenvalue weighted by molar-refractivity contribution is 9.11. The van der Waals surface area contributed by atoms with Gasteiger partial charge < -0.3 is 9.47 Å². The van der Waals surface area contributed by atoms with Crippen LogP contribution in [0.1, 0.15) is 11.1 Å². The molecule has 0 saturated carbocycles. The first-order valence-corrected chi connectivity index (χ1v) is 10.8. The summed E-state index contributed by atoms with van der Waals surface area (Å²) in [7, 11) is 1.53. The van der Waals surface area contributed by atoms with Gasteiger partial charge in [0.2, 0.25) is 0 Å². The number of methoxy groups -OCH3 is 1. The van der Waals surface area contributed by atoms with E-state index >= 15 is 0 Å². The second-order valence-electron chi connectivity index (χ2n) is 5.91. The number of nitrogens with zero attached hydrogens (tertiary/aromatic N) is 1. The van der Waals surface area contributed by atoms with Crippen molar-refractivity contribution in [3.63, 3.8) is 0 Å². The molecule has 0 spiro atoms. The second kappa shape index (κ2) is 9.73. The van der Waals surface area contributed by atoms with Gasteiger partial charge in [-0.2, -0.15) is 0 Å². The molecule has 146 valence electrons. The molecule has 0 radical (unpaired) electrons. The van der Waals surface area contributed by atoms with E-state index in [1.807, 2.05) is 42.5 Å². The van der Waals surface area contributed by atoms with Crippen molar-refractivity contribution in [3.05, 3.63) is 67.4 Å². The quantitative estimate of drug-likeness (QED) is 0.447. The molecule has 3 rings (SSSR count). The van der Waals surface area contributed by atoms with Crippen LogP contribution in [0.3, 0.4) is 0 Å². The van der Waals surface area contributed by atoms with Crippen LogP contribution in [0.5, 0.6) is 5.75 Å². The lowest BCUT2D eigenvalue weighted by Gasteiger charge is -2.12. The summed E-state index contributed by atoms with van der Waals surface area (Å²) in [5.41, 5.74) is 1.85. The fourth-order valence-corrected chi connectivity index (χ4v) is 4.87. The minimum atomic E-state index is -0.302. The number of carbonyl (C=O) groups is 2. The molecular formula is C20H17Br2NO4S. The number of carbonyl (C=O) groups excluding carboxylic acids is 2. The van der Waals surface area contributed by atoms with Crippen molar-refractivity contribution in [1.82, 2.24) is 4.90 Å². The van der Waals surface area contributed by atoms with Crippen molar-refractivity contribution in [3.8, 4) is 5.75 Å². The van der Waals surface area contributed by atoms with Crippen molar-refractivity contribution >= 4 is 60.8 Å². The van der Waals surface area contributed by atoms with E-state index in [1.165, 1.54) is 12.0 Å². The third-order valence-corrected chi connectivity index (χ3v) is 6.02. The second-order valence-corrected chi connectivity index (χ2v) is 8.62. The van der Waals surface area contributed by atoms with Crippen molar-refractivity contribution in [2.24, 2.45) is 0 Å². The fourth-order valence-electron chi connectivity index (χ4n) is 2.56. The zero-order valence-corrected chi connectivity index (χ0v) is 19.0. The Morgan fingerprint density at radius 3 is 2.43 bits per heavy atom. The van der Waals surface area contributed by atoms with Crippen LogP contribution in [-0.2, 0) is 16.1 Å². The fraction of sp³-hybridized carbons (Fsp3) is 0.200. The highest BCUT2D eigenvalue weighted by atomic mass is 79.9. The third kappa shape index (κ3) is 5.05. The molecular weight excluding hydrogens is 510 g/mol. The molecule has 2 aromatic rings. The Hall–Kier alpha value is -1.61. The predicted octanol–water partition coefficient (Wildman–Crippen LogP) is 5.47. The SMILES string of the molecule is COCCN1C(=O)S/C(=C/c2cc(Br)c(OCc3ccccc3)c(Br)c2)C1=O. The van der Waals surface area contributed by atoms with Gasteiger partial charge in [0.25, 0.3) is 11.1 Å². The van der Waals surface area contributed by atoms with Crippen LogP contribution >= 0.6 is 43.6 Å². The van der Waals surface area contributed by atoms with Gasteiger partial charge in [0.05, 0.1) is 27.0 Å². The summed E-state index contributed by atoms with van der Waals surface area (Å²) in [5, 5.41) is -0.283. The van der Waals surface area contributed by atoms with Crippen molar-refractivity contribution in [1.29, 1.82) is 0 Å². The Labute approximate surface area is 184 Å². The van der Waals surface area contributed by atoms with E-state index in [9.17, 15) is 9.59 Å².